The van der Waals surface area contributed by atoms with Crippen molar-refractivity contribution < 1.29 is 14.2 Å². The third kappa shape index (κ3) is 3.18. The van der Waals surface area contributed by atoms with E-state index in [0.29, 0.717) is 0 Å². The highest BCUT2D eigenvalue weighted by molar-refractivity contribution is 5.62. The minimum absolute atomic E-state index is 0.163. The van der Waals surface area contributed by atoms with Gasteiger partial charge in [0.05, 0.1) is 0 Å². The minimum atomic E-state index is -0.444. The van der Waals surface area contributed by atoms with Crippen LogP contribution < -0.4 is 9.47 Å². The highest BCUT2D eigenvalue weighted by Crippen LogP contribution is 2.52. The van der Waals surface area contributed by atoms with Gasteiger partial charge in [-0.15, -0.1) is 0 Å². The first-order valence-corrected chi connectivity index (χ1v) is 10.7. The average Bonchev–Trinajstić information content (AvgIpc) is 2.77. The fraction of sp³-hybridized carbons (Fsp3) is 0.333. The molecule has 3 heteroatoms. The second kappa shape index (κ2) is 7.17. The number of hydrogen-bond donors (Lipinski definition) is 0. The molecule has 0 saturated heterocycles. The number of rotatable bonds is 2. The number of benzene rings is 3. The van der Waals surface area contributed by atoms with E-state index in [1.807, 2.05) is 24.3 Å². The van der Waals surface area contributed by atoms with Gasteiger partial charge in [-0.3, -0.25) is 0 Å². The van der Waals surface area contributed by atoms with E-state index >= 15 is 0 Å². The van der Waals surface area contributed by atoms with E-state index in [1.165, 1.54) is 5.56 Å². The SMILES string of the molecule is Cc1c(C)c2c(c3c1OC(C)(C)CC3)[C@@H](c1ccccc1)O[C@H](c1ccccc1)O2. The summed E-state index contributed by atoms with van der Waals surface area (Å²) in [5, 5.41) is 0. The van der Waals surface area contributed by atoms with E-state index in [0.717, 1.165) is 52.2 Å². The average molecular weight is 401 g/mol. The normalized spacial score (nSPS) is 21.7. The Morgan fingerprint density at radius 2 is 1.40 bits per heavy atom. The molecule has 0 aromatic heterocycles. The van der Waals surface area contributed by atoms with Crippen LogP contribution in [0.15, 0.2) is 60.7 Å². The maximum Gasteiger partial charge on any atom is 0.227 e. The third-order valence-electron chi connectivity index (χ3n) is 6.36. The minimum Gasteiger partial charge on any atom is -0.487 e. The number of fused-ring (bicyclic) bond motifs is 3. The zero-order chi connectivity index (χ0) is 20.9. The Morgan fingerprint density at radius 1 is 0.800 bits per heavy atom. The van der Waals surface area contributed by atoms with Crippen LogP contribution in [0.1, 0.15) is 66.0 Å². The molecule has 2 heterocycles. The van der Waals surface area contributed by atoms with Gasteiger partial charge in [-0.1, -0.05) is 60.7 Å². The summed E-state index contributed by atoms with van der Waals surface area (Å²) in [7, 11) is 0. The maximum absolute atomic E-state index is 6.62. The molecular weight excluding hydrogens is 372 g/mol. The Balaban J connectivity index is 1.72. The molecule has 5 rings (SSSR count). The van der Waals surface area contributed by atoms with Crippen LogP contribution in [0.2, 0.25) is 0 Å². The van der Waals surface area contributed by atoms with Crippen LogP contribution in [0.4, 0.5) is 0 Å². The van der Waals surface area contributed by atoms with Crippen LogP contribution in [0.3, 0.4) is 0 Å². The molecule has 0 bridgehead atoms. The van der Waals surface area contributed by atoms with Gasteiger partial charge in [-0.25, -0.2) is 0 Å². The quantitative estimate of drug-likeness (QED) is 0.485. The van der Waals surface area contributed by atoms with E-state index in [4.69, 9.17) is 14.2 Å². The van der Waals surface area contributed by atoms with Gasteiger partial charge in [0, 0.05) is 16.7 Å². The molecule has 2 atom stereocenters. The van der Waals surface area contributed by atoms with Crippen molar-refractivity contribution in [2.75, 3.05) is 0 Å². The summed E-state index contributed by atoms with van der Waals surface area (Å²) in [4.78, 5) is 0. The standard InChI is InChI=1S/C27H28O3/c1-17-18(2)24-22(21-15-16-27(3,4)30-23(17)21)25(19-11-7-5-8-12-19)29-26(28-24)20-13-9-6-10-14-20/h5-14,25-26H,15-16H2,1-4H3/t25-,26-/m1/s1. The van der Waals surface area contributed by atoms with Crippen LogP contribution in [0.5, 0.6) is 11.5 Å². The summed E-state index contributed by atoms with van der Waals surface area (Å²) in [6, 6.07) is 20.6. The van der Waals surface area contributed by atoms with Crippen molar-refractivity contribution in [2.24, 2.45) is 0 Å². The first kappa shape index (κ1) is 19.2. The second-order valence-corrected chi connectivity index (χ2v) is 8.95. The lowest BCUT2D eigenvalue weighted by atomic mass is 9.84. The maximum atomic E-state index is 6.62. The molecule has 2 aliphatic heterocycles. The van der Waals surface area contributed by atoms with Crippen molar-refractivity contribution in [3.63, 3.8) is 0 Å². The monoisotopic (exact) mass is 400 g/mol. The molecule has 2 aliphatic rings. The van der Waals surface area contributed by atoms with Gasteiger partial charge >= 0.3 is 0 Å². The van der Waals surface area contributed by atoms with Crippen molar-refractivity contribution in [1.29, 1.82) is 0 Å². The molecule has 0 N–H and O–H groups in total. The Hall–Kier alpha value is -2.78. The zero-order valence-electron chi connectivity index (χ0n) is 18.1. The molecule has 154 valence electrons. The first-order chi connectivity index (χ1) is 14.4. The number of ether oxygens (including phenoxy) is 3. The molecule has 0 amide bonds. The van der Waals surface area contributed by atoms with Crippen LogP contribution in [0, 0.1) is 13.8 Å². The first-order valence-electron chi connectivity index (χ1n) is 10.7. The van der Waals surface area contributed by atoms with Crippen LogP contribution >= 0.6 is 0 Å². The molecule has 3 nitrogen and oxygen atoms in total. The zero-order valence-corrected chi connectivity index (χ0v) is 18.1. The van der Waals surface area contributed by atoms with Crippen LogP contribution in [-0.4, -0.2) is 5.60 Å². The molecule has 3 aromatic carbocycles. The van der Waals surface area contributed by atoms with Crippen molar-refractivity contribution in [3.8, 4) is 11.5 Å². The summed E-state index contributed by atoms with van der Waals surface area (Å²) in [5.74, 6) is 1.96. The Kier molecular flexibility index (Phi) is 4.59. The summed E-state index contributed by atoms with van der Waals surface area (Å²) < 4.78 is 19.6. The predicted octanol–water partition coefficient (Wildman–Crippen LogP) is 6.60. The van der Waals surface area contributed by atoms with Gasteiger partial charge in [0.25, 0.3) is 0 Å². The molecule has 0 spiro atoms. The second-order valence-electron chi connectivity index (χ2n) is 8.95. The van der Waals surface area contributed by atoms with E-state index in [-0.39, 0.29) is 11.7 Å². The summed E-state index contributed by atoms with van der Waals surface area (Å²) in [5.41, 5.74) is 6.65. The molecule has 0 fully saturated rings. The molecule has 0 unspecified atom stereocenters. The van der Waals surface area contributed by atoms with E-state index in [1.54, 1.807) is 0 Å². The van der Waals surface area contributed by atoms with Gasteiger partial charge in [0.2, 0.25) is 6.29 Å². The molecule has 0 radical (unpaired) electrons. The van der Waals surface area contributed by atoms with Crippen molar-refractivity contribution >= 4 is 0 Å². The van der Waals surface area contributed by atoms with Crippen molar-refractivity contribution in [3.05, 3.63) is 94.0 Å². The number of hydrogen-bond acceptors (Lipinski definition) is 3. The Labute approximate surface area is 178 Å². The molecule has 30 heavy (non-hydrogen) atoms. The molecule has 0 saturated carbocycles. The predicted molar refractivity (Wildman–Crippen MR) is 118 cm³/mol. The lowest BCUT2D eigenvalue weighted by Gasteiger charge is -2.40. The van der Waals surface area contributed by atoms with Crippen molar-refractivity contribution in [2.45, 2.75) is 58.5 Å². The molecule has 3 aromatic rings. The summed E-state index contributed by atoms with van der Waals surface area (Å²) in [6.07, 6.45) is 1.29. The highest BCUT2D eigenvalue weighted by Gasteiger charge is 2.39. The fourth-order valence-corrected chi connectivity index (χ4v) is 4.55. The van der Waals surface area contributed by atoms with Gasteiger partial charge < -0.3 is 14.2 Å². The highest BCUT2D eigenvalue weighted by atomic mass is 16.7. The summed E-state index contributed by atoms with van der Waals surface area (Å²) in [6.45, 7) is 8.60. The third-order valence-corrected chi connectivity index (χ3v) is 6.36. The van der Waals surface area contributed by atoms with Crippen LogP contribution in [0.25, 0.3) is 0 Å². The van der Waals surface area contributed by atoms with Crippen LogP contribution in [-0.2, 0) is 11.2 Å². The Bertz CT molecular complexity index is 1070. The van der Waals surface area contributed by atoms with E-state index in [2.05, 4.69) is 64.1 Å². The smallest absolute Gasteiger partial charge is 0.227 e. The van der Waals surface area contributed by atoms with E-state index in [9.17, 15) is 0 Å². The van der Waals surface area contributed by atoms with Gasteiger partial charge in [-0.05, 0) is 57.2 Å². The lowest BCUT2D eigenvalue weighted by Crippen LogP contribution is -2.35. The van der Waals surface area contributed by atoms with Gasteiger partial charge in [-0.2, -0.15) is 0 Å². The van der Waals surface area contributed by atoms with Crippen molar-refractivity contribution in [1.82, 2.24) is 0 Å². The van der Waals surface area contributed by atoms with Gasteiger partial charge in [0.1, 0.15) is 23.2 Å². The topological polar surface area (TPSA) is 27.7 Å². The lowest BCUT2D eigenvalue weighted by molar-refractivity contribution is -0.132. The summed E-state index contributed by atoms with van der Waals surface area (Å²) >= 11 is 0. The van der Waals surface area contributed by atoms with E-state index < -0.39 is 6.29 Å². The van der Waals surface area contributed by atoms with Gasteiger partial charge in [0.15, 0.2) is 0 Å². The fourth-order valence-electron chi connectivity index (χ4n) is 4.55. The Morgan fingerprint density at radius 3 is 2.07 bits per heavy atom. The molecular formula is C27H28O3. The molecule has 0 aliphatic carbocycles. The largest absolute Gasteiger partial charge is 0.487 e.